The summed E-state index contributed by atoms with van der Waals surface area (Å²) in [7, 11) is 0. The number of amides is 1. The Hall–Kier alpha value is -2.83. The molecule has 1 heterocycles. The van der Waals surface area contributed by atoms with E-state index in [1.165, 1.54) is 6.08 Å². The summed E-state index contributed by atoms with van der Waals surface area (Å²) in [6.45, 7) is 3.43. The Labute approximate surface area is 120 Å². The average molecular weight is 289 g/mol. The molecule has 0 radical (unpaired) electrons. The maximum absolute atomic E-state index is 11.4. The molecule has 0 fully saturated rings. The molecule has 0 aliphatic carbocycles. The Bertz CT molecular complexity index is 665. The molecule has 21 heavy (non-hydrogen) atoms. The number of H-pyrrole nitrogens is 1. The molecule has 0 aliphatic heterocycles. The lowest BCUT2D eigenvalue weighted by atomic mass is 10.1. The van der Waals surface area contributed by atoms with Crippen LogP contribution in [-0.4, -0.2) is 40.0 Å². The maximum atomic E-state index is 11.4. The number of carbonyl (C=O) groups is 2. The third kappa shape index (κ3) is 3.59. The van der Waals surface area contributed by atoms with E-state index in [-0.39, 0.29) is 13.0 Å². The van der Waals surface area contributed by atoms with Gasteiger partial charge >= 0.3 is 12.1 Å². The molecule has 1 aromatic heterocycles. The summed E-state index contributed by atoms with van der Waals surface area (Å²) in [5.41, 5.74) is 1.38. The van der Waals surface area contributed by atoms with Crippen LogP contribution in [0, 0.1) is 0 Å². The van der Waals surface area contributed by atoms with Crippen molar-refractivity contribution >= 4 is 23.0 Å². The normalized spacial score (nSPS) is 11.8. The van der Waals surface area contributed by atoms with Crippen molar-refractivity contribution in [3.05, 3.63) is 42.6 Å². The third-order valence-corrected chi connectivity index (χ3v) is 2.87. The zero-order valence-electron chi connectivity index (χ0n) is 11.2. The predicted octanol–water partition coefficient (Wildman–Crippen LogP) is 1.47. The van der Waals surface area contributed by atoms with Crippen molar-refractivity contribution in [2.75, 3.05) is 6.61 Å². The van der Waals surface area contributed by atoms with Gasteiger partial charge in [-0.15, -0.1) is 0 Å². The summed E-state index contributed by atoms with van der Waals surface area (Å²) >= 11 is 0. The number of aromatic amines is 1. The number of hydrogen-bond donors (Lipinski definition) is 3. The van der Waals surface area contributed by atoms with Gasteiger partial charge in [0.05, 0.1) is 5.52 Å². The molecule has 0 saturated carbocycles. The highest BCUT2D eigenvalue weighted by Crippen LogP contribution is 2.16. The van der Waals surface area contributed by atoms with Crippen LogP contribution in [0.3, 0.4) is 0 Å². The number of nitrogens with one attached hydrogen (secondary N) is 2. The van der Waals surface area contributed by atoms with Crippen LogP contribution >= 0.6 is 0 Å². The van der Waals surface area contributed by atoms with E-state index in [4.69, 9.17) is 4.74 Å². The van der Waals surface area contributed by atoms with E-state index in [0.29, 0.717) is 5.69 Å². The van der Waals surface area contributed by atoms with Gasteiger partial charge in [-0.3, -0.25) is 5.10 Å². The number of para-hydroxylation sites is 1. The number of nitrogens with zero attached hydrogens (tertiary/aromatic N) is 1. The molecular formula is C14H15N3O4. The SMILES string of the molecule is C=CCOC(=O)N[C@@H](Cc1[nH]nc2ccccc12)C(=O)O. The number of ether oxygens (including phenoxy) is 1. The minimum absolute atomic E-state index is 0.0190. The summed E-state index contributed by atoms with van der Waals surface area (Å²) in [6, 6.07) is 6.22. The van der Waals surface area contributed by atoms with Gasteiger partial charge in [0, 0.05) is 17.5 Å². The first-order valence-electron chi connectivity index (χ1n) is 6.30. The van der Waals surface area contributed by atoms with Gasteiger partial charge in [0.25, 0.3) is 0 Å². The highest BCUT2D eigenvalue weighted by molar-refractivity contribution is 5.84. The average Bonchev–Trinajstić information content (AvgIpc) is 2.87. The molecule has 2 aromatic rings. The van der Waals surface area contributed by atoms with Crippen LogP contribution in [0.5, 0.6) is 0 Å². The molecule has 110 valence electrons. The summed E-state index contributed by atoms with van der Waals surface area (Å²) in [6.07, 6.45) is 0.683. The third-order valence-electron chi connectivity index (χ3n) is 2.87. The van der Waals surface area contributed by atoms with Crippen molar-refractivity contribution in [1.29, 1.82) is 0 Å². The second-order valence-corrected chi connectivity index (χ2v) is 4.35. The lowest BCUT2D eigenvalue weighted by molar-refractivity contribution is -0.139. The topological polar surface area (TPSA) is 104 Å². The summed E-state index contributed by atoms with van der Waals surface area (Å²) in [4.78, 5) is 22.7. The van der Waals surface area contributed by atoms with Crippen LogP contribution in [0.4, 0.5) is 4.79 Å². The van der Waals surface area contributed by atoms with E-state index in [9.17, 15) is 14.7 Å². The highest BCUT2D eigenvalue weighted by atomic mass is 16.5. The van der Waals surface area contributed by atoms with Crippen LogP contribution in [-0.2, 0) is 16.0 Å². The molecule has 0 bridgehead atoms. The monoisotopic (exact) mass is 289 g/mol. The first kappa shape index (κ1) is 14.6. The molecule has 0 spiro atoms. The number of rotatable bonds is 6. The maximum Gasteiger partial charge on any atom is 0.408 e. The Morgan fingerprint density at radius 1 is 1.48 bits per heavy atom. The number of alkyl carbamates (subject to hydrolysis) is 1. The van der Waals surface area contributed by atoms with Crippen LogP contribution in [0.15, 0.2) is 36.9 Å². The van der Waals surface area contributed by atoms with Crippen molar-refractivity contribution in [1.82, 2.24) is 15.5 Å². The zero-order valence-corrected chi connectivity index (χ0v) is 11.2. The number of carbonyl (C=O) groups excluding carboxylic acids is 1. The fraction of sp³-hybridized carbons (Fsp3) is 0.214. The first-order valence-corrected chi connectivity index (χ1v) is 6.30. The second-order valence-electron chi connectivity index (χ2n) is 4.35. The second kappa shape index (κ2) is 6.56. The number of benzene rings is 1. The van der Waals surface area contributed by atoms with Crippen molar-refractivity contribution in [3.8, 4) is 0 Å². The molecule has 7 heteroatoms. The molecule has 0 unspecified atom stereocenters. The van der Waals surface area contributed by atoms with E-state index >= 15 is 0 Å². The van der Waals surface area contributed by atoms with E-state index in [1.807, 2.05) is 24.3 Å². The van der Waals surface area contributed by atoms with Crippen LogP contribution in [0.25, 0.3) is 10.9 Å². The van der Waals surface area contributed by atoms with Crippen LogP contribution in [0.1, 0.15) is 5.69 Å². The largest absolute Gasteiger partial charge is 0.480 e. The molecule has 0 aliphatic rings. The molecule has 1 aromatic carbocycles. The number of fused-ring (bicyclic) bond motifs is 1. The van der Waals surface area contributed by atoms with Gasteiger partial charge < -0.3 is 15.2 Å². The van der Waals surface area contributed by atoms with Gasteiger partial charge in [0.1, 0.15) is 12.6 Å². The first-order chi connectivity index (χ1) is 10.1. The van der Waals surface area contributed by atoms with Gasteiger partial charge in [-0.1, -0.05) is 30.9 Å². The lowest BCUT2D eigenvalue weighted by Gasteiger charge is -2.13. The Morgan fingerprint density at radius 2 is 2.24 bits per heavy atom. The molecule has 2 rings (SSSR count). The van der Waals surface area contributed by atoms with Crippen molar-refractivity contribution < 1.29 is 19.4 Å². The quantitative estimate of drug-likeness (QED) is 0.698. The number of carboxylic acid groups (broad SMARTS) is 1. The lowest BCUT2D eigenvalue weighted by Crippen LogP contribution is -2.42. The van der Waals surface area contributed by atoms with Crippen molar-refractivity contribution in [2.45, 2.75) is 12.5 Å². The number of hydrogen-bond acceptors (Lipinski definition) is 4. The number of aliphatic carboxylic acids is 1. The number of aromatic nitrogens is 2. The Kier molecular flexibility index (Phi) is 4.55. The highest BCUT2D eigenvalue weighted by Gasteiger charge is 2.22. The molecule has 7 nitrogen and oxygen atoms in total. The summed E-state index contributed by atoms with van der Waals surface area (Å²) in [5, 5.41) is 19.2. The predicted molar refractivity (Wildman–Crippen MR) is 75.9 cm³/mol. The fourth-order valence-electron chi connectivity index (χ4n) is 1.89. The van der Waals surface area contributed by atoms with E-state index in [2.05, 4.69) is 22.1 Å². The smallest absolute Gasteiger partial charge is 0.408 e. The van der Waals surface area contributed by atoms with Gasteiger partial charge in [-0.05, 0) is 6.07 Å². The van der Waals surface area contributed by atoms with Gasteiger partial charge in [0.2, 0.25) is 0 Å². The standard InChI is InChI=1S/C14H15N3O4/c1-2-7-21-14(20)15-12(13(18)19)8-11-9-5-3-4-6-10(9)16-17-11/h2-6,12H,1,7-8H2,(H,15,20)(H,16,17)(H,18,19)/t12-/m0/s1. The van der Waals surface area contributed by atoms with Gasteiger partial charge in [-0.2, -0.15) is 5.10 Å². The minimum Gasteiger partial charge on any atom is -0.480 e. The molecular weight excluding hydrogens is 274 g/mol. The summed E-state index contributed by atoms with van der Waals surface area (Å²) < 4.78 is 4.72. The molecule has 3 N–H and O–H groups in total. The molecule has 1 atom stereocenters. The Balaban J connectivity index is 2.11. The van der Waals surface area contributed by atoms with Crippen LogP contribution in [0.2, 0.25) is 0 Å². The number of carboxylic acids is 1. The van der Waals surface area contributed by atoms with E-state index < -0.39 is 18.1 Å². The summed E-state index contributed by atoms with van der Waals surface area (Å²) in [5.74, 6) is -1.15. The molecule has 0 saturated heterocycles. The molecule has 1 amide bonds. The minimum atomic E-state index is -1.15. The van der Waals surface area contributed by atoms with Gasteiger partial charge in [-0.25, -0.2) is 9.59 Å². The Morgan fingerprint density at radius 3 is 2.95 bits per heavy atom. The zero-order chi connectivity index (χ0) is 15.2. The van der Waals surface area contributed by atoms with Gasteiger partial charge in [0.15, 0.2) is 0 Å². The fourth-order valence-corrected chi connectivity index (χ4v) is 1.89. The van der Waals surface area contributed by atoms with Crippen LogP contribution < -0.4 is 5.32 Å². The van der Waals surface area contributed by atoms with E-state index in [1.54, 1.807) is 0 Å². The van der Waals surface area contributed by atoms with Crippen molar-refractivity contribution in [3.63, 3.8) is 0 Å². The van der Waals surface area contributed by atoms with Crippen molar-refractivity contribution in [2.24, 2.45) is 0 Å². The van der Waals surface area contributed by atoms with E-state index in [0.717, 1.165) is 10.9 Å².